The lowest BCUT2D eigenvalue weighted by molar-refractivity contribution is -0.317. The van der Waals surface area contributed by atoms with Crippen LogP contribution in [0.15, 0.2) is 224 Å². The van der Waals surface area contributed by atoms with Gasteiger partial charge in [-0.25, -0.2) is 0 Å². The number of benzene rings is 7. The molecular weight excluding hydrogens is 915 g/mol. The van der Waals surface area contributed by atoms with Crippen LogP contribution < -0.4 is 5.32 Å². The van der Waals surface area contributed by atoms with Crippen LogP contribution >= 0.6 is 0 Å². The van der Waals surface area contributed by atoms with Crippen LogP contribution in [-0.4, -0.2) is 74.8 Å². The highest BCUT2D eigenvalue weighted by molar-refractivity contribution is 5.25. The molecule has 0 radical (unpaired) electrons. The van der Waals surface area contributed by atoms with Crippen molar-refractivity contribution in [1.82, 2.24) is 5.32 Å². The lowest BCUT2D eigenvalue weighted by Crippen LogP contribution is -2.69. The quantitative estimate of drug-likeness (QED) is 0.0529. The van der Waals surface area contributed by atoms with Gasteiger partial charge in [0, 0.05) is 13.7 Å². The minimum Gasteiger partial charge on any atom is -0.374 e. The van der Waals surface area contributed by atoms with Crippen LogP contribution in [0, 0.1) is 0 Å². The standard InChI is InChI=1S/C63H67NO9/c1-65-62-60(71-45-53-33-19-7-20-34-53)59(70-44-52-31-17-6-18-32-52)57(68-42-50-27-13-4-14-28-50)56(73-62)39-64-63(47-66-40-48-23-9-2-10-24-48)38-37-55(67-41-49-25-11-3-12-26-49)58(69-43-51-29-15-5-16-30-51)61(63)72-46-54-35-21-8-22-36-54/h2-38,55-62,64H,39-47H2,1H3/t55-,56+,57+,58+,59-,60+,61-,62-,63?/m0/s1. The van der Waals surface area contributed by atoms with Crippen molar-refractivity contribution >= 4 is 0 Å². The van der Waals surface area contributed by atoms with E-state index < -0.39 is 54.6 Å². The number of hydrogen-bond acceptors (Lipinski definition) is 10. The van der Waals surface area contributed by atoms with E-state index >= 15 is 0 Å². The van der Waals surface area contributed by atoms with Gasteiger partial charge in [-0.05, 0) is 38.9 Å². The van der Waals surface area contributed by atoms with Gasteiger partial charge in [-0.3, -0.25) is 0 Å². The molecule has 2 aliphatic rings. The number of methoxy groups -OCH3 is 1. The lowest BCUT2D eigenvalue weighted by atomic mass is 9.81. The Hall–Kier alpha value is -6.12. The van der Waals surface area contributed by atoms with Crippen molar-refractivity contribution in [3.05, 3.63) is 263 Å². The van der Waals surface area contributed by atoms with Gasteiger partial charge in [0.2, 0.25) is 0 Å². The normalized spacial score (nSPS) is 23.8. The Kier molecular flexibility index (Phi) is 19.3. The van der Waals surface area contributed by atoms with E-state index in [1.807, 2.05) is 140 Å². The van der Waals surface area contributed by atoms with Crippen LogP contribution in [0.3, 0.4) is 0 Å². The zero-order chi connectivity index (χ0) is 49.8. The summed E-state index contributed by atoms with van der Waals surface area (Å²) in [7, 11) is 1.65. The molecule has 7 aromatic carbocycles. The summed E-state index contributed by atoms with van der Waals surface area (Å²) >= 11 is 0. The van der Waals surface area contributed by atoms with Crippen LogP contribution in [0.2, 0.25) is 0 Å². The molecule has 1 unspecified atom stereocenters. The molecule has 1 aliphatic heterocycles. The van der Waals surface area contributed by atoms with Crippen LogP contribution in [0.1, 0.15) is 38.9 Å². The zero-order valence-electron chi connectivity index (χ0n) is 41.5. The first-order chi connectivity index (χ1) is 36.1. The SMILES string of the molecule is CO[C@H]1O[C@H](CNC2(COCc3ccccc3)C=C[C@H](OCc3ccccc3)[C@@H](OCc3ccccc3)[C@@H]2OCc2ccccc2)[C@@H](OCc2ccccc2)[C@H](OCc2ccccc2)[C@H]1OCc1ccccc1. The van der Waals surface area contributed by atoms with Gasteiger partial charge in [0.25, 0.3) is 0 Å². The van der Waals surface area contributed by atoms with Gasteiger partial charge in [0.15, 0.2) is 6.29 Å². The summed E-state index contributed by atoms with van der Waals surface area (Å²) in [6, 6.07) is 71.2. The van der Waals surface area contributed by atoms with E-state index in [1.165, 1.54) is 0 Å². The molecule has 0 aromatic heterocycles. The van der Waals surface area contributed by atoms with Crippen molar-refractivity contribution in [1.29, 1.82) is 0 Å². The maximum atomic E-state index is 7.25. The Morgan fingerprint density at radius 1 is 0.397 bits per heavy atom. The summed E-state index contributed by atoms with van der Waals surface area (Å²) in [6.45, 7) is 2.81. The number of nitrogens with one attached hydrogen (secondary N) is 1. The molecular formula is C63H67NO9. The fourth-order valence-corrected chi connectivity index (χ4v) is 9.45. The third kappa shape index (κ3) is 14.8. The van der Waals surface area contributed by atoms with Crippen LogP contribution in [0.25, 0.3) is 0 Å². The Labute approximate surface area is 430 Å². The van der Waals surface area contributed by atoms with Gasteiger partial charge in [0.1, 0.15) is 42.7 Å². The first-order valence-corrected chi connectivity index (χ1v) is 25.3. The van der Waals surface area contributed by atoms with Gasteiger partial charge in [-0.2, -0.15) is 0 Å². The number of rotatable bonds is 26. The largest absolute Gasteiger partial charge is 0.374 e. The highest BCUT2D eigenvalue weighted by Crippen LogP contribution is 2.35. The van der Waals surface area contributed by atoms with Crippen molar-refractivity contribution < 1.29 is 42.6 Å². The fraction of sp³-hybridized carbons (Fsp3) is 0.302. The fourth-order valence-electron chi connectivity index (χ4n) is 9.45. The van der Waals surface area contributed by atoms with Gasteiger partial charge >= 0.3 is 0 Å². The minimum atomic E-state index is -1.01. The van der Waals surface area contributed by atoms with Crippen molar-refractivity contribution in [3.63, 3.8) is 0 Å². The number of hydrogen-bond donors (Lipinski definition) is 1. The molecule has 9 atom stereocenters. The second-order valence-corrected chi connectivity index (χ2v) is 18.6. The summed E-state index contributed by atoms with van der Waals surface area (Å²) < 4.78 is 62.1. The van der Waals surface area contributed by atoms with Gasteiger partial charge < -0.3 is 47.9 Å². The highest BCUT2D eigenvalue weighted by atomic mass is 16.7. The topological polar surface area (TPSA) is 95.1 Å². The molecule has 10 nitrogen and oxygen atoms in total. The molecule has 1 saturated heterocycles. The van der Waals surface area contributed by atoms with Crippen molar-refractivity contribution in [2.45, 2.75) is 101 Å². The predicted molar refractivity (Wildman–Crippen MR) is 282 cm³/mol. The molecule has 0 saturated carbocycles. The molecule has 7 aromatic rings. The Morgan fingerprint density at radius 2 is 0.753 bits per heavy atom. The molecule has 0 amide bonds. The maximum absolute atomic E-state index is 7.25. The monoisotopic (exact) mass is 981 g/mol. The Morgan fingerprint density at radius 3 is 1.18 bits per heavy atom. The third-order valence-corrected chi connectivity index (χ3v) is 13.3. The van der Waals surface area contributed by atoms with Crippen molar-refractivity contribution in [2.24, 2.45) is 0 Å². The van der Waals surface area contributed by atoms with Crippen LogP contribution in [0.5, 0.6) is 0 Å². The number of ether oxygens (including phenoxy) is 9. The second-order valence-electron chi connectivity index (χ2n) is 18.6. The Balaban J connectivity index is 1.09. The van der Waals surface area contributed by atoms with Crippen LogP contribution in [0.4, 0.5) is 0 Å². The smallest absolute Gasteiger partial charge is 0.186 e. The van der Waals surface area contributed by atoms with Gasteiger partial charge in [0.05, 0.1) is 58.4 Å². The maximum Gasteiger partial charge on any atom is 0.186 e. The van der Waals surface area contributed by atoms with E-state index in [0.29, 0.717) is 46.2 Å². The first-order valence-electron chi connectivity index (χ1n) is 25.3. The third-order valence-electron chi connectivity index (χ3n) is 13.3. The lowest BCUT2D eigenvalue weighted by Gasteiger charge is -2.49. The van der Waals surface area contributed by atoms with E-state index in [0.717, 1.165) is 38.9 Å². The van der Waals surface area contributed by atoms with Crippen molar-refractivity contribution in [3.8, 4) is 0 Å². The average molecular weight is 982 g/mol. The molecule has 1 N–H and O–H groups in total. The minimum absolute atomic E-state index is 0.209. The molecule has 378 valence electrons. The summed E-state index contributed by atoms with van der Waals surface area (Å²) in [4.78, 5) is 0. The Bertz CT molecular complexity index is 2630. The molecule has 1 heterocycles. The first kappa shape index (κ1) is 51.8. The molecule has 10 heteroatoms. The second kappa shape index (κ2) is 27.2. The summed E-state index contributed by atoms with van der Waals surface area (Å²) in [6.07, 6.45) is -0.884. The van der Waals surface area contributed by atoms with E-state index in [4.69, 9.17) is 42.6 Å². The van der Waals surface area contributed by atoms with E-state index in [1.54, 1.807) is 7.11 Å². The van der Waals surface area contributed by atoms with Crippen molar-refractivity contribution in [2.75, 3.05) is 20.3 Å². The van der Waals surface area contributed by atoms with E-state index in [-0.39, 0.29) is 13.2 Å². The molecule has 9 rings (SSSR count). The summed E-state index contributed by atoms with van der Waals surface area (Å²) in [5.74, 6) is 0. The highest BCUT2D eigenvalue weighted by Gasteiger charge is 2.52. The molecule has 1 fully saturated rings. The molecule has 1 aliphatic carbocycles. The van der Waals surface area contributed by atoms with Gasteiger partial charge in [-0.15, -0.1) is 0 Å². The zero-order valence-corrected chi connectivity index (χ0v) is 41.5. The van der Waals surface area contributed by atoms with Gasteiger partial charge in [-0.1, -0.05) is 224 Å². The predicted octanol–water partition coefficient (Wildman–Crippen LogP) is 11.0. The molecule has 0 spiro atoms. The summed E-state index contributed by atoms with van der Waals surface area (Å²) in [5, 5.41) is 4.01. The van der Waals surface area contributed by atoms with Crippen LogP contribution in [-0.2, 0) is 88.9 Å². The molecule has 73 heavy (non-hydrogen) atoms. The summed E-state index contributed by atoms with van der Waals surface area (Å²) in [5.41, 5.74) is 6.20. The van der Waals surface area contributed by atoms with E-state index in [2.05, 4.69) is 90.3 Å². The van der Waals surface area contributed by atoms with E-state index in [9.17, 15) is 0 Å². The average Bonchev–Trinajstić information content (AvgIpc) is 3.45. The molecule has 0 bridgehead atoms.